The molecule has 0 aliphatic carbocycles. The van der Waals surface area contributed by atoms with E-state index in [4.69, 9.17) is 15.2 Å². The van der Waals surface area contributed by atoms with Gasteiger partial charge in [0.25, 0.3) is 0 Å². The Morgan fingerprint density at radius 3 is 2.69 bits per heavy atom. The molecule has 0 radical (unpaired) electrons. The number of hydrogen-bond donors (Lipinski definition) is 6. The minimum Gasteiger partial charge on any atom is -0.388 e. The average molecular weight is 514 g/mol. The summed E-state index contributed by atoms with van der Waals surface area (Å²) >= 11 is 1.36. The van der Waals surface area contributed by atoms with Crippen LogP contribution in [0.5, 0.6) is 0 Å². The molecule has 0 aromatic rings. The van der Waals surface area contributed by atoms with E-state index >= 15 is 0 Å². The molecule has 200 valence electrons. The number of thioether (sulfide) groups is 1. The van der Waals surface area contributed by atoms with Crippen molar-refractivity contribution in [3.8, 4) is 0 Å². The van der Waals surface area contributed by atoms with Crippen molar-refractivity contribution in [2.75, 3.05) is 19.7 Å². The van der Waals surface area contributed by atoms with Gasteiger partial charge in [0, 0.05) is 24.9 Å². The van der Waals surface area contributed by atoms with E-state index in [0.29, 0.717) is 43.7 Å². The lowest BCUT2D eigenvalue weighted by Gasteiger charge is -2.44. The maximum atomic E-state index is 13.5. The number of fused-ring (bicyclic) bond motifs is 3. The zero-order valence-electron chi connectivity index (χ0n) is 20.8. The lowest BCUT2D eigenvalue weighted by atomic mass is 9.85. The Labute approximate surface area is 212 Å². The summed E-state index contributed by atoms with van der Waals surface area (Å²) in [5.74, 6) is 1.37. The number of nitrogens with one attached hydrogen (secondary N) is 2. The van der Waals surface area contributed by atoms with Crippen molar-refractivity contribution in [3.63, 3.8) is 0 Å². The van der Waals surface area contributed by atoms with Crippen molar-refractivity contribution in [1.82, 2.24) is 10.6 Å². The highest BCUT2D eigenvalue weighted by atomic mass is 32.2. The van der Waals surface area contributed by atoms with E-state index < -0.39 is 41.9 Å². The second-order valence-corrected chi connectivity index (χ2v) is 12.4. The second kappa shape index (κ2) is 12.2. The highest BCUT2D eigenvalue weighted by Crippen LogP contribution is 2.36. The molecule has 0 aromatic carbocycles. The van der Waals surface area contributed by atoms with Crippen LogP contribution in [0.3, 0.4) is 0 Å². The van der Waals surface area contributed by atoms with Gasteiger partial charge in [0.05, 0.1) is 12.1 Å². The molecule has 9 nitrogen and oxygen atoms in total. The third kappa shape index (κ3) is 6.41. The van der Waals surface area contributed by atoms with Gasteiger partial charge in [0.1, 0.15) is 35.9 Å². The number of ether oxygens (including phenoxy) is 2. The summed E-state index contributed by atoms with van der Waals surface area (Å²) in [5, 5.41) is 38.3. The molecular weight excluding hydrogens is 470 g/mol. The van der Waals surface area contributed by atoms with Crippen molar-refractivity contribution in [2.45, 2.75) is 99.2 Å². The maximum absolute atomic E-state index is 13.5. The fraction of sp³-hybridized carbons (Fsp3) is 0.880. The summed E-state index contributed by atoms with van der Waals surface area (Å²) in [6, 6.07) is -1.03. The maximum Gasteiger partial charge on any atom is 0.240 e. The van der Waals surface area contributed by atoms with Crippen LogP contribution in [0.2, 0.25) is 0 Å². The number of amides is 1. The molecule has 4 heterocycles. The molecule has 10 heteroatoms. The van der Waals surface area contributed by atoms with Gasteiger partial charge in [-0.3, -0.25) is 4.79 Å². The molecule has 4 aliphatic rings. The molecule has 4 aliphatic heterocycles. The van der Waals surface area contributed by atoms with Crippen LogP contribution in [0.25, 0.3) is 0 Å². The van der Waals surface area contributed by atoms with E-state index in [1.165, 1.54) is 18.2 Å². The first kappa shape index (κ1) is 27.3. The molecule has 1 amide bonds. The Bertz CT molecular complexity index is 742. The summed E-state index contributed by atoms with van der Waals surface area (Å²) in [4.78, 5) is 13.5. The van der Waals surface area contributed by atoms with Crippen molar-refractivity contribution >= 4 is 17.7 Å². The van der Waals surface area contributed by atoms with Gasteiger partial charge in [-0.15, -0.1) is 11.8 Å². The molecule has 7 N–H and O–H groups in total. The number of aliphatic hydroxyl groups excluding tert-OH is 3. The van der Waals surface area contributed by atoms with Crippen LogP contribution < -0.4 is 16.4 Å². The smallest absolute Gasteiger partial charge is 0.240 e. The number of nitrogens with two attached hydrogens (primary N) is 1. The Balaban J connectivity index is 1.46. The molecule has 2 bridgehead atoms. The van der Waals surface area contributed by atoms with Crippen LogP contribution in [-0.2, 0) is 14.3 Å². The number of aliphatic hydroxyl groups is 3. The van der Waals surface area contributed by atoms with E-state index in [1.807, 2.05) is 12.2 Å². The van der Waals surface area contributed by atoms with Crippen LogP contribution in [0.1, 0.15) is 46.0 Å². The standard InChI is InChI=1S/C25H43N3O6S/c1-13(2)9-14-7-8-33-22-15(10-14)12-27-18(22)24(32)28-17-6-4-3-5-16(11-26)35-25-21(31)19(29)20(30)23(17)34-25/h3-4,13-23,25,27,29-31H,5-12,26H2,1-2H3,(H,28,32)/b4-3-/t14?,15?,16-,17-,18?,19+,20-,21-,22?,23-,25-/m1/s1. The molecule has 3 saturated heterocycles. The first-order valence-corrected chi connectivity index (χ1v) is 14.1. The van der Waals surface area contributed by atoms with Crippen molar-refractivity contribution in [1.29, 1.82) is 0 Å². The van der Waals surface area contributed by atoms with Gasteiger partial charge in [-0.25, -0.2) is 0 Å². The lowest BCUT2D eigenvalue weighted by Crippen LogP contribution is -2.64. The fourth-order valence-corrected chi connectivity index (χ4v) is 7.25. The third-order valence-electron chi connectivity index (χ3n) is 7.83. The molecule has 4 rings (SSSR count). The normalized spacial score (nSPS) is 45.4. The summed E-state index contributed by atoms with van der Waals surface area (Å²) in [5.41, 5.74) is 5.13. The highest BCUT2D eigenvalue weighted by molar-refractivity contribution is 8.00. The third-order valence-corrected chi connectivity index (χ3v) is 9.26. The zero-order valence-corrected chi connectivity index (χ0v) is 21.6. The van der Waals surface area contributed by atoms with Crippen LogP contribution in [0.15, 0.2) is 12.2 Å². The van der Waals surface area contributed by atoms with Gasteiger partial charge < -0.3 is 41.2 Å². The monoisotopic (exact) mass is 513 g/mol. The minimum absolute atomic E-state index is 0.0201. The quantitative estimate of drug-likeness (QED) is 0.282. The van der Waals surface area contributed by atoms with Gasteiger partial charge in [-0.2, -0.15) is 0 Å². The van der Waals surface area contributed by atoms with E-state index in [-0.39, 0.29) is 17.3 Å². The largest absolute Gasteiger partial charge is 0.388 e. The van der Waals surface area contributed by atoms with Crippen LogP contribution in [0, 0.1) is 17.8 Å². The highest BCUT2D eigenvalue weighted by Gasteiger charge is 2.49. The van der Waals surface area contributed by atoms with Gasteiger partial charge in [-0.05, 0) is 49.9 Å². The summed E-state index contributed by atoms with van der Waals surface area (Å²) in [6.07, 6.45) is 3.39. The second-order valence-electron chi connectivity index (χ2n) is 11.0. The van der Waals surface area contributed by atoms with E-state index in [2.05, 4.69) is 24.5 Å². The summed E-state index contributed by atoms with van der Waals surface area (Å²) < 4.78 is 12.3. The van der Waals surface area contributed by atoms with Gasteiger partial charge >= 0.3 is 0 Å². The van der Waals surface area contributed by atoms with Crippen LogP contribution in [0.4, 0.5) is 0 Å². The molecule has 35 heavy (non-hydrogen) atoms. The van der Waals surface area contributed by atoms with Gasteiger partial charge in [-0.1, -0.05) is 26.0 Å². The Hall–Kier alpha value is -0.720. The fourth-order valence-electron chi connectivity index (χ4n) is 6.03. The summed E-state index contributed by atoms with van der Waals surface area (Å²) in [7, 11) is 0. The lowest BCUT2D eigenvalue weighted by molar-refractivity contribution is -0.205. The molecule has 4 unspecified atom stereocenters. The first-order chi connectivity index (χ1) is 16.8. The van der Waals surface area contributed by atoms with Gasteiger partial charge in [0.15, 0.2) is 0 Å². The van der Waals surface area contributed by atoms with Crippen LogP contribution in [-0.4, -0.2) is 94.2 Å². The van der Waals surface area contributed by atoms with Crippen molar-refractivity contribution < 1.29 is 29.6 Å². The van der Waals surface area contributed by atoms with Crippen LogP contribution >= 0.6 is 11.8 Å². The zero-order chi connectivity index (χ0) is 25.1. The minimum atomic E-state index is -1.37. The number of rotatable bonds is 5. The van der Waals surface area contributed by atoms with E-state index in [1.54, 1.807) is 0 Å². The molecule has 3 fully saturated rings. The van der Waals surface area contributed by atoms with Crippen molar-refractivity contribution in [2.24, 2.45) is 23.5 Å². The average Bonchev–Trinajstić information content (AvgIpc) is 3.11. The van der Waals surface area contributed by atoms with E-state index in [0.717, 1.165) is 19.4 Å². The van der Waals surface area contributed by atoms with E-state index in [9.17, 15) is 20.1 Å². The van der Waals surface area contributed by atoms with Crippen molar-refractivity contribution in [3.05, 3.63) is 12.2 Å². The number of carbonyl (C=O) groups is 1. The summed E-state index contributed by atoms with van der Waals surface area (Å²) in [6.45, 7) is 6.30. The number of allylic oxidation sites excluding steroid dienone is 1. The predicted molar refractivity (Wildman–Crippen MR) is 135 cm³/mol. The Morgan fingerprint density at radius 1 is 1.17 bits per heavy atom. The first-order valence-electron chi connectivity index (χ1n) is 13.1. The van der Waals surface area contributed by atoms with Gasteiger partial charge in [0.2, 0.25) is 5.91 Å². The number of hydrogen-bond acceptors (Lipinski definition) is 9. The Morgan fingerprint density at radius 2 is 1.94 bits per heavy atom. The SMILES string of the molecule is CC(C)CC1CCOC2C(CNC2C(=O)N[C@@H]2C/C=C\C[C@H](CN)S[C@H]3O[C@H]2[C@H](O)[C@H](O)[C@H]3O)C1. The predicted octanol–water partition coefficient (Wildman–Crippen LogP) is 0.119. The molecule has 11 atom stereocenters. The molecule has 0 aromatic heterocycles. The molecular formula is C25H43N3O6S. The molecule has 0 spiro atoms. The topological polar surface area (TPSA) is 146 Å². The molecule has 0 saturated carbocycles. The number of carbonyl (C=O) groups excluding carboxylic acids is 1. The Kier molecular flexibility index (Phi) is 9.53.